The first kappa shape index (κ1) is 25.5. The van der Waals surface area contributed by atoms with Crippen LogP contribution >= 0.6 is 24.0 Å². The number of nitrogens with zero attached hydrogens (tertiary/aromatic N) is 3. The Morgan fingerprint density at radius 3 is 2.50 bits per heavy atom. The van der Waals surface area contributed by atoms with Crippen LogP contribution in [-0.2, 0) is 13.1 Å². The number of rotatable bonds is 10. The monoisotopic (exact) mass is 549 g/mol. The van der Waals surface area contributed by atoms with Crippen LogP contribution in [0.3, 0.4) is 0 Å². The third-order valence-corrected chi connectivity index (χ3v) is 4.67. The van der Waals surface area contributed by atoms with Gasteiger partial charge in [-0.05, 0) is 31.5 Å². The Morgan fingerprint density at radius 2 is 1.78 bits per heavy atom. The van der Waals surface area contributed by atoms with Gasteiger partial charge in [0.05, 0.1) is 13.7 Å². The number of methoxy groups -OCH3 is 1. The van der Waals surface area contributed by atoms with Crippen LogP contribution in [0.5, 0.6) is 11.5 Å². The van der Waals surface area contributed by atoms with Crippen molar-refractivity contribution in [3.63, 3.8) is 0 Å². The minimum Gasteiger partial charge on any atom is -0.493 e. The summed E-state index contributed by atoms with van der Waals surface area (Å²) >= 11 is 0. The number of hydrogen-bond acceptors (Lipinski definition) is 4. The van der Waals surface area contributed by atoms with Gasteiger partial charge in [-0.15, -0.1) is 24.0 Å². The molecule has 1 heterocycles. The molecule has 0 saturated heterocycles. The minimum atomic E-state index is -0.0692. The van der Waals surface area contributed by atoms with Crippen molar-refractivity contribution < 1.29 is 9.47 Å². The molecular formula is C24H32IN5O2. The fraction of sp³-hybridized carbons (Fsp3) is 0.333. The van der Waals surface area contributed by atoms with E-state index in [1.54, 1.807) is 7.11 Å². The molecule has 2 aromatic carbocycles. The van der Waals surface area contributed by atoms with Crippen molar-refractivity contribution >= 4 is 29.9 Å². The van der Waals surface area contributed by atoms with Crippen LogP contribution < -0.4 is 20.1 Å². The van der Waals surface area contributed by atoms with E-state index >= 15 is 0 Å². The normalized spacial score (nSPS) is 11.9. The maximum absolute atomic E-state index is 6.01. The molecule has 2 N–H and O–H groups in total. The van der Waals surface area contributed by atoms with Gasteiger partial charge in [0.1, 0.15) is 18.5 Å². The number of hydrogen-bond donors (Lipinski definition) is 2. The summed E-state index contributed by atoms with van der Waals surface area (Å²) in [6.45, 7) is 6.68. The number of imidazole rings is 1. The van der Waals surface area contributed by atoms with Gasteiger partial charge in [0.2, 0.25) is 0 Å². The second-order valence-corrected chi connectivity index (χ2v) is 7.11. The van der Waals surface area contributed by atoms with Gasteiger partial charge >= 0.3 is 0 Å². The first-order valence-corrected chi connectivity index (χ1v) is 10.6. The highest BCUT2D eigenvalue weighted by Gasteiger charge is 2.10. The van der Waals surface area contributed by atoms with Crippen LogP contribution in [0.25, 0.3) is 0 Å². The molecule has 0 aliphatic heterocycles. The predicted octanol–water partition coefficient (Wildman–Crippen LogP) is 4.08. The molecule has 0 amide bonds. The van der Waals surface area contributed by atoms with Crippen LogP contribution in [0.4, 0.5) is 0 Å². The highest BCUT2D eigenvalue weighted by Crippen LogP contribution is 2.26. The average Bonchev–Trinajstić information content (AvgIpc) is 3.23. The molecule has 0 aliphatic rings. The Kier molecular flexibility index (Phi) is 10.9. The van der Waals surface area contributed by atoms with Crippen molar-refractivity contribution in [2.75, 3.05) is 20.2 Å². The van der Waals surface area contributed by atoms with E-state index in [2.05, 4.69) is 32.3 Å². The summed E-state index contributed by atoms with van der Waals surface area (Å²) in [7, 11) is 1.64. The maximum atomic E-state index is 6.01. The van der Waals surface area contributed by atoms with Crippen LogP contribution in [0.15, 0.2) is 72.0 Å². The Balaban J connectivity index is 0.00000363. The van der Waals surface area contributed by atoms with Gasteiger partial charge in [-0.3, -0.25) is 0 Å². The topological polar surface area (TPSA) is 72.7 Å². The SMILES string of the molecule is CCNC(=NCc1nccn1Cc1ccccc1)NCC(C)Oc1ccccc1OC.I. The summed E-state index contributed by atoms with van der Waals surface area (Å²) < 4.78 is 13.5. The Morgan fingerprint density at radius 1 is 1.06 bits per heavy atom. The summed E-state index contributed by atoms with van der Waals surface area (Å²) in [6, 6.07) is 18.0. The molecule has 172 valence electrons. The third kappa shape index (κ3) is 7.74. The summed E-state index contributed by atoms with van der Waals surface area (Å²) in [5.41, 5.74) is 1.23. The molecule has 1 atom stereocenters. The molecule has 1 unspecified atom stereocenters. The van der Waals surface area contributed by atoms with Gasteiger partial charge < -0.3 is 24.7 Å². The number of aromatic nitrogens is 2. The van der Waals surface area contributed by atoms with Crippen molar-refractivity contribution in [2.45, 2.75) is 33.0 Å². The van der Waals surface area contributed by atoms with Crippen molar-refractivity contribution in [1.29, 1.82) is 0 Å². The molecule has 1 aromatic heterocycles. The lowest BCUT2D eigenvalue weighted by Crippen LogP contribution is -2.41. The Labute approximate surface area is 207 Å². The second kappa shape index (κ2) is 13.6. The second-order valence-electron chi connectivity index (χ2n) is 7.11. The minimum absolute atomic E-state index is 0. The first-order chi connectivity index (χ1) is 15.2. The number of guanidine groups is 1. The van der Waals surface area contributed by atoms with E-state index < -0.39 is 0 Å². The molecule has 3 rings (SSSR count). The van der Waals surface area contributed by atoms with Crippen LogP contribution in [0.1, 0.15) is 25.2 Å². The molecule has 7 nitrogen and oxygen atoms in total. The van der Waals surface area contributed by atoms with E-state index in [4.69, 9.17) is 14.5 Å². The number of nitrogens with one attached hydrogen (secondary N) is 2. The third-order valence-electron chi connectivity index (χ3n) is 4.67. The number of benzene rings is 2. The number of para-hydroxylation sites is 2. The predicted molar refractivity (Wildman–Crippen MR) is 139 cm³/mol. The molecular weight excluding hydrogens is 517 g/mol. The number of halogens is 1. The van der Waals surface area contributed by atoms with Gasteiger partial charge in [-0.2, -0.15) is 0 Å². The molecule has 0 radical (unpaired) electrons. The molecule has 0 aliphatic carbocycles. The van der Waals surface area contributed by atoms with Crippen LogP contribution in [-0.4, -0.2) is 41.8 Å². The van der Waals surface area contributed by atoms with E-state index in [-0.39, 0.29) is 30.1 Å². The number of ether oxygens (including phenoxy) is 2. The van der Waals surface area contributed by atoms with Crippen molar-refractivity contribution in [2.24, 2.45) is 4.99 Å². The zero-order chi connectivity index (χ0) is 21.9. The van der Waals surface area contributed by atoms with Crippen LogP contribution in [0.2, 0.25) is 0 Å². The van der Waals surface area contributed by atoms with Crippen molar-refractivity contribution in [3.8, 4) is 11.5 Å². The van der Waals surface area contributed by atoms with Crippen molar-refractivity contribution in [3.05, 3.63) is 78.4 Å². The van der Waals surface area contributed by atoms with Crippen molar-refractivity contribution in [1.82, 2.24) is 20.2 Å². The summed E-state index contributed by atoms with van der Waals surface area (Å²) in [5.74, 6) is 3.09. The lowest BCUT2D eigenvalue weighted by Gasteiger charge is -2.19. The fourth-order valence-electron chi connectivity index (χ4n) is 3.12. The van der Waals surface area contributed by atoms with Gasteiger partial charge in [-0.1, -0.05) is 42.5 Å². The first-order valence-electron chi connectivity index (χ1n) is 10.6. The quantitative estimate of drug-likeness (QED) is 0.227. The molecule has 8 heteroatoms. The zero-order valence-electron chi connectivity index (χ0n) is 18.8. The molecule has 3 aromatic rings. The van der Waals surface area contributed by atoms with E-state index in [0.717, 1.165) is 36.4 Å². The largest absolute Gasteiger partial charge is 0.493 e. The zero-order valence-corrected chi connectivity index (χ0v) is 21.2. The van der Waals surface area contributed by atoms with E-state index in [1.165, 1.54) is 5.56 Å². The number of aliphatic imine (C=N–C) groups is 1. The lowest BCUT2D eigenvalue weighted by atomic mass is 10.2. The molecule has 32 heavy (non-hydrogen) atoms. The van der Waals surface area contributed by atoms with Crippen LogP contribution in [0, 0.1) is 0 Å². The molecule has 0 fully saturated rings. The summed E-state index contributed by atoms with van der Waals surface area (Å²) in [5, 5.41) is 6.62. The Hall–Kier alpha value is -2.75. The Bertz CT molecular complexity index is 962. The standard InChI is InChI=1S/C24H31N5O2.HI/c1-4-25-24(27-16-19(2)31-22-13-9-8-12-21(22)30-3)28-17-23-26-14-15-29(23)18-20-10-6-5-7-11-20;/h5-15,19H,4,16-18H2,1-3H3,(H2,25,27,28);1H. The van der Waals surface area contributed by atoms with Gasteiger partial charge in [0.15, 0.2) is 17.5 Å². The summed E-state index contributed by atoms with van der Waals surface area (Å²) in [4.78, 5) is 9.18. The maximum Gasteiger partial charge on any atom is 0.191 e. The molecule has 0 bridgehead atoms. The van der Waals surface area contributed by atoms with Gasteiger partial charge in [-0.25, -0.2) is 9.98 Å². The highest BCUT2D eigenvalue weighted by molar-refractivity contribution is 14.0. The van der Waals surface area contributed by atoms with Gasteiger partial charge in [0, 0.05) is 25.5 Å². The summed E-state index contributed by atoms with van der Waals surface area (Å²) in [6.07, 6.45) is 3.73. The van der Waals surface area contributed by atoms with E-state index in [1.807, 2.05) is 68.7 Å². The molecule has 0 spiro atoms. The molecule has 0 saturated carbocycles. The highest BCUT2D eigenvalue weighted by atomic mass is 127. The lowest BCUT2D eigenvalue weighted by molar-refractivity contribution is 0.213. The average molecular weight is 549 g/mol. The van der Waals surface area contributed by atoms with E-state index in [9.17, 15) is 0 Å². The van der Waals surface area contributed by atoms with Gasteiger partial charge in [0.25, 0.3) is 0 Å². The fourth-order valence-corrected chi connectivity index (χ4v) is 3.12. The van der Waals surface area contributed by atoms with E-state index in [0.29, 0.717) is 13.1 Å². The smallest absolute Gasteiger partial charge is 0.191 e.